The number of benzene rings is 2. The smallest absolute Gasteiger partial charge is 0.222 e. The summed E-state index contributed by atoms with van der Waals surface area (Å²) in [7, 11) is 1.82. The highest BCUT2D eigenvalue weighted by atomic mass is 16.5. The monoisotopic (exact) mass is 419 g/mol. The number of ether oxygens (including phenoxy) is 1. The van der Waals surface area contributed by atoms with E-state index in [0.717, 1.165) is 37.9 Å². The maximum Gasteiger partial charge on any atom is 0.222 e. The van der Waals surface area contributed by atoms with Gasteiger partial charge in [0.05, 0.1) is 6.54 Å². The Morgan fingerprint density at radius 2 is 1.68 bits per heavy atom. The second kappa shape index (κ2) is 10.2. The fraction of sp³-hybridized carbons (Fsp3) is 0.400. The number of para-hydroxylation sites is 1. The molecule has 0 fully saturated rings. The number of likely N-dealkylation sites (N-methyl/N-ethyl adjacent to an activating group) is 1. The van der Waals surface area contributed by atoms with Gasteiger partial charge in [-0.2, -0.15) is 0 Å². The Balaban J connectivity index is 1.15. The van der Waals surface area contributed by atoms with Gasteiger partial charge in [0.25, 0.3) is 0 Å². The largest absolute Gasteiger partial charge is 0.488 e. The van der Waals surface area contributed by atoms with Crippen LogP contribution in [0.4, 0.5) is 0 Å². The van der Waals surface area contributed by atoms with Crippen molar-refractivity contribution in [2.24, 2.45) is 0 Å². The van der Waals surface area contributed by atoms with Crippen LogP contribution in [-0.4, -0.2) is 40.7 Å². The number of aromatic nitrogens is 2. The van der Waals surface area contributed by atoms with Crippen molar-refractivity contribution >= 4 is 5.91 Å². The van der Waals surface area contributed by atoms with E-state index in [9.17, 15) is 4.79 Å². The number of carbonyl (C=O) groups excluding carboxylic acids is 1. The van der Waals surface area contributed by atoms with E-state index in [1.54, 1.807) is 4.90 Å². The molecule has 1 aliphatic heterocycles. The van der Waals surface area contributed by atoms with Gasteiger partial charge >= 0.3 is 0 Å². The molecule has 6 nitrogen and oxygen atoms in total. The van der Waals surface area contributed by atoms with Crippen molar-refractivity contribution in [3.8, 4) is 5.75 Å². The molecule has 1 amide bonds. The van der Waals surface area contributed by atoms with Crippen LogP contribution < -0.4 is 4.74 Å². The molecule has 0 saturated heterocycles. The van der Waals surface area contributed by atoms with Gasteiger partial charge in [-0.15, -0.1) is 10.2 Å². The lowest BCUT2D eigenvalue weighted by molar-refractivity contribution is -0.130. The number of carbonyl (C=O) groups is 1. The van der Waals surface area contributed by atoms with Crippen LogP contribution in [0.25, 0.3) is 0 Å². The van der Waals surface area contributed by atoms with Crippen LogP contribution in [0.2, 0.25) is 0 Å². The van der Waals surface area contributed by atoms with Crippen molar-refractivity contribution in [3.63, 3.8) is 0 Å². The quantitative estimate of drug-likeness (QED) is 0.464. The Kier molecular flexibility index (Phi) is 6.97. The lowest BCUT2D eigenvalue weighted by Crippen LogP contribution is -2.36. The molecular formula is C25H29N3O3. The summed E-state index contributed by atoms with van der Waals surface area (Å²) in [4.78, 5) is 14.2. The molecule has 3 aromatic rings. The van der Waals surface area contributed by atoms with Crippen LogP contribution in [0.5, 0.6) is 5.75 Å². The number of amides is 1. The SMILES string of the molecule is CN(C[C@H]1Cc2ccccc2O1)C(=O)CCc1nnc(CCCCc2ccccc2)o1. The van der Waals surface area contributed by atoms with Crippen LogP contribution in [0, 0.1) is 0 Å². The van der Waals surface area contributed by atoms with Gasteiger partial charge in [-0.1, -0.05) is 48.5 Å². The van der Waals surface area contributed by atoms with E-state index in [1.165, 1.54) is 11.1 Å². The van der Waals surface area contributed by atoms with E-state index in [1.807, 2.05) is 31.3 Å². The van der Waals surface area contributed by atoms with Gasteiger partial charge < -0.3 is 14.1 Å². The van der Waals surface area contributed by atoms with Crippen LogP contribution in [0.15, 0.2) is 59.0 Å². The van der Waals surface area contributed by atoms with Crippen molar-refractivity contribution in [1.29, 1.82) is 0 Å². The summed E-state index contributed by atoms with van der Waals surface area (Å²) in [6.45, 7) is 0.573. The Bertz CT molecular complexity index is 961. The fourth-order valence-corrected chi connectivity index (χ4v) is 3.91. The number of aryl methyl sites for hydroxylation is 3. The van der Waals surface area contributed by atoms with Gasteiger partial charge in [0, 0.05) is 32.7 Å². The van der Waals surface area contributed by atoms with E-state index in [-0.39, 0.29) is 12.0 Å². The Morgan fingerprint density at radius 1 is 0.968 bits per heavy atom. The third kappa shape index (κ3) is 5.94. The van der Waals surface area contributed by atoms with Gasteiger partial charge in [-0.3, -0.25) is 4.79 Å². The predicted molar refractivity (Wildman–Crippen MR) is 118 cm³/mol. The first-order valence-corrected chi connectivity index (χ1v) is 11.0. The molecule has 31 heavy (non-hydrogen) atoms. The molecule has 0 radical (unpaired) electrons. The minimum Gasteiger partial charge on any atom is -0.488 e. The van der Waals surface area contributed by atoms with E-state index < -0.39 is 0 Å². The van der Waals surface area contributed by atoms with Crippen molar-refractivity contribution in [2.45, 2.75) is 51.0 Å². The van der Waals surface area contributed by atoms with Gasteiger partial charge in [-0.25, -0.2) is 0 Å². The van der Waals surface area contributed by atoms with Crippen molar-refractivity contribution < 1.29 is 13.9 Å². The van der Waals surface area contributed by atoms with E-state index in [4.69, 9.17) is 9.15 Å². The molecule has 0 aliphatic carbocycles. The molecule has 0 N–H and O–H groups in total. The average Bonchev–Trinajstić information content (AvgIpc) is 3.42. The Morgan fingerprint density at radius 3 is 2.48 bits per heavy atom. The molecule has 0 saturated carbocycles. The van der Waals surface area contributed by atoms with Crippen LogP contribution in [0.3, 0.4) is 0 Å². The first-order chi connectivity index (χ1) is 15.2. The average molecular weight is 420 g/mol. The molecular weight excluding hydrogens is 390 g/mol. The summed E-state index contributed by atoms with van der Waals surface area (Å²) in [5.41, 5.74) is 2.55. The second-order valence-electron chi connectivity index (χ2n) is 8.11. The van der Waals surface area contributed by atoms with Crippen LogP contribution in [0.1, 0.15) is 42.2 Å². The summed E-state index contributed by atoms with van der Waals surface area (Å²) >= 11 is 0. The molecule has 6 heteroatoms. The second-order valence-corrected chi connectivity index (χ2v) is 8.11. The maximum atomic E-state index is 12.5. The molecule has 1 atom stereocenters. The van der Waals surface area contributed by atoms with Crippen molar-refractivity contribution in [3.05, 3.63) is 77.5 Å². The summed E-state index contributed by atoms with van der Waals surface area (Å²) in [6, 6.07) is 18.5. The van der Waals surface area contributed by atoms with Crippen LogP contribution in [-0.2, 0) is 30.5 Å². The molecule has 0 unspecified atom stereocenters. The van der Waals surface area contributed by atoms with Gasteiger partial charge in [-0.05, 0) is 36.5 Å². The number of rotatable bonds is 10. The van der Waals surface area contributed by atoms with E-state index >= 15 is 0 Å². The number of nitrogens with zero attached hydrogens (tertiary/aromatic N) is 3. The van der Waals surface area contributed by atoms with Crippen molar-refractivity contribution in [1.82, 2.24) is 15.1 Å². The highest BCUT2D eigenvalue weighted by molar-refractivity contribution is 5.76. The van der Waals surface area contributed by atoms with Gasteiger partial charge in [0.15, 0.2) is 0 Å². The minimum absolute atomic E-state index is 0.0113. The highest BCUT2D eigenvalue weighted by Crippen LogP contribution is 2.28. The first-order valence-electron chi connectivity index (χ1n) is 11.0. The molecule has 0 bridgehead atoms. The predicted octanol–water partition coefficient (Wildman–Crippen LogP) is 4.03. The maximum absolute atomic E-state index is 12.5. The zero-order valence-corrected chi connectivity index (χ0v) is 18.0. The summed E-state index contributed by atoms with van der Waals surface area (Å²) < 4.78 is 11.7. The summed E-state index contributed by atoms with van der Waals surface area (Å²) in [6.07, 6.45) is 5.58. The third-order valence-electron chi connectivity index (χ3n) is 5.63. The molecule has 2 heterocycles. The van der Waals surface area contributed by atoms with Crippen molar-refractivity contribution in [2.75, 3.05) is 13.6 Å². The highest BCUT2D eigenvalue weighted by Gasteiger charge is 2.25. The summed E-state index contributed by atoms with van der Waals surface area (Å²) in [5.74, 6) is 2.17. The Hall–Kier alpha value is -3.15. The first kappa shape index (κ1) is 21.1. The van der Waals surface area contributed by atoms with E-state index in [2.05, 4.69) is 40.5 Å². The molecule has 162 valence electrons. The van der Waals surface area contributed by atoms with Gasteiger partial charge in [0.2, 0.25) is 17.7 Å². The fourth-order valence-electron chi connectivity index (χ4n) is 3.91. The number of unbranched alkanes of at least 4 members (excludes halogenated alkanes) is 1. The normalized spacial score (nSPS) is 14.8. The molecule has 4 rings (SSSR count). The Labute approximate surface area is 183 Å². The zero-order valence-electron chi connectivity index (χ0n) is 18.0. The number of hydrogen-bond acceptors (Lipinski definition) is 5. The summed E-state index contributed by atoms with van der Waals surface area (Å²) in [5, 5.41) is 8.23. The molecule has 1 aromatic heterocycles. The zero-order chi connectivity index (χ0) is 21.5. The lowest BCUT2D eigenvalue weighted by Gasteiger charge is -2.20. The van der Waals surface area contributed by atoms with Gasteiger partial charge in [0.1, 0.15) is 11.9 Å². The topological polar surface area (TPSA) is 68.5 Å². The lowest BCUT2D eigenvalue weighted by atomic mass is 10.1. The molecule has 1 aliphatic rings. The third-order valence-corrected chi connectivity index (χ3v) is 5.63. The molecule has 0 spiro atoms. The number of hydrogen-bond donors (Lipinski definition) is 0. The van der Waals surface area contributed by atoms with E-state index in [0.29, 0.717) is 31.2 Å². The van der Waals surface area contributed by atoms with Crippen LogP contribution >= 0.6 is 0 Å². The molecule has 2 aromatic carbocycles. The number of fused-ring (bicyclic) bond motifs is 1. The minimum atomic E-state index is 0.0113. The standard InChI is InChI=1S/C25H29N3O3/c1-28(18-21-17-20-12-6-7-13-22(20)30-21)25(29)16-15-24-27-26-23(31-24)14-8-5-11-19-9-3-2-4-10-19/h2-4,6-7,9-10,12-13,21H,5,8,11,14-18H2,1H3/t21-/m1/s1.